The van der Waals surface area contributed by atoms with Gasteiger partial charge in [-0.2, -0.15) is 4.98 Å². The minimum Gasteiger partial charge on any atom is -0.493 e. The Morgan fingerprint density at radius 1 is 1.14 bits per heavy atom. The molecule has 1 atom stereocenters. The molecule has 1 aromatic carbocycles. The SMILES string of the molecule is COc1ccc(C=CC(=O)N2CCC(Oc3cc(C)nc(C)n3)C2)cc1OC. The van der Waals surface area contributed by atoms with Gasteiger partial charge in [0.05, 0.1) is 20.8 Å². The van der Waals surface area contributed by atoms with Crippen LogP contribution in [0.3, 0.4) is 0 Å². The summed E-state index contributed by atoms with van der Waals surface area (Å²) in [5.74, 6) is 2.47. The highest BCUT2D eigenvalue weighted by molar-refractivity contribution is 5.92. The lowest BCUT2D eigenvalue weighted by molar-refractivity contribution is -0.125. The van der Waals surface area contributed by atoms with Crippen LogP contribution in [0.1, 0.15) is 23.5 Å². The van der Waals surface area contributed by atoms with Crippen LogP contribution in [0.15, 0.2) is 30.3 Å². The molecule has 7 nitrogen and oxygen atoms in total. The predicted octanol–water partition coefficient (Wildman–Crippen LogP) is 2.80. The van der Waals surface area contributed by atoms with Crippen LogP contribution in [-0.2, 0) is 4.79 Å². The van der Waals surface area contributed by atoms with Crippen LogP contribution in [0, 0.1) is 13.8 Å². The van der Waals surface area contributed by atoms with E-state index in [1.54, 1.807) is 31.3 Å². The van der Waals surface area contributed by atoms with E-state index in [1.165, 1.54) is 0 Å². The first-order valence-corrected chi connectivity index (χ1v) is 9.16. The summed E-state index contributed by atoms with van der Waals surface area (Å²) in [4.78, 5) is 22.8. The number of benzene rings is 1. The van der Waals surface area contributed by atoms with E-state index in [1.807, 2.05) is 38.1 Å². The van der Waals surface area contributed by atoms with Crippen molar-refractivity contribution in [1.29, 1.82) is 0 Å². The third kappa shape index (κ3) is 4.79. The molecule has 0 bridgehead atoms. The number of hydrogen-bond acceptors (Lipinski definition) is 6. The molecule has 28 heavy (non-hydrogen) atoms. The Morgan fingerprint density at radius 3 is 2.64 bits per heavy atom. The molecule has 3 rings (SSSR count). The molecule has 1 aromatic heterocycles. The molecule has 1 amide bonds. The van der Waals surface area contributed by atoms with Crippen molar-refractivity contribution in [3.8, 4) is 17.4 Å². The van der Waals surface area contributed by atoms with Crippen LogP contribution >= 0.6 is 0 Å². The number of carbonyl (C=O) groups is 1. The number of likely N-dealkylation sites (tertiary alicyclic amines) is 1. The number of amides is 1. The molecule has 0 radical (unpaired) electrons. The number of methoxy groups -OCH3 is 2. The monoisotopic (exact) mass is 383 g/mol. The van der Waals surface area contributed by atoms with Gasteiger partial charge in [0, 0.05) is 30.8 Å². The van der Waals surface area contributed by atoms with Gasteiger partial charge in [-0.3, -0.25) is 4.79 Å². The van der Waals surface area contributed by atoms with E-state index in [4.69, 9.17) is 14.2 Å². The molecule has 1 fully saturated rings. The third-order valence-electron chi connectivity index (χ3n) is 4.51. The molecule has 0 aliphatic carbocycles. The Kier molecular flexibility index (Phi) is 6.13. The Morgan fingerprint density at radius 2 is 1.93 bits per heavy atom. The highest BCUT2D eigenvalue weighted by atomic mass is 16.5. The van der Waals surface area contributed by atoms with E-state index in [2.05, 4.69) is 9.97 Å². The first kappa shape index (κ1) is 19.7. The number of aromatic nitrogens is 2. The predicted molar refractivity (Wildman–Crippen MR) is 106 cm³/mol. The van der Waals surface area contributed by atoms with E-state index < -0.39 is 0 Å². The molecule has 1 aliphatic rings. The number of nitrogens with zero attached hydrogens (tertiary/aromatic N) is 3. The molecule has 1 aliphatic heterocycles. The molecule has 148 valence electrons. The van der Waals surface area contributed by atoms with E-state index in [-0.39, 0.29) is 12.0 Å². The first-order chi connectivity index (χ1) is 13.5. The number of aryl methyl sites for hydroxylation is 2. The van der Waals surface area contributed by atoms with Crippen molar-refractivity contribution in [2.24, 2.45) is 0 Å². The number of carbonyl (C=O) groups excluding carboxylic acids is 1. The molecule has 0 spiro atoms. The van der Waals surface area contributed by atoms with Gasteiger partial charge >= 0.3 is 0 Å². The average Bonchev–Trinajstić information content (AvgIpc) is 3.13. The van der Waals surface area contributed by atoms with Crippen molar-refractivity contribution >= 4 is 12.0 Å². The molecule has 1 saturated heterocycles. The van der Waals surface area contributed by atoms with Gasteiger partial charge in [-0.05, 0) is 37.6 Å². The molecule has 0 saturated carbocycles. The van der Waals surface area contributed by atoms with Crippen molar-refractivity contribution in [2.75, 3.05) is 27.3 Å². The maximum Gasteiger partial charge on any atom is 0.246 e. The van der Waals surface area contributed by atoms with Gasteiger partial charge in [0.15, 0.2) is 11.5 Å². The smallest absolute Gasteiger partial charge is 0.246 e. The van der Waals surface area contributed by atoms with E-state index >= 15 is 0 Å². The number of ether oxygens (including phenoxy) is 3. The minimum absolute atomic E-state index is 0.0454. The number of rotatable bonds is 6. The van der Waals surface area contributed by atoms with Crippen LogP contribution in [-0.4, -0.2) is 54.2 Å². The lowest BCUT2D eigenvalue weighted by atomic mass is 10.2. The summed E-state index contributed by atoms with van der Waals surface area (Å²) in [5.41, 5.74) is 1.73. The fourth-order valence-corrected chi connectivity index (χ4v) is 3.17. The summed E-state index contributed by atoms with van der Waals surface area (Å²) in [6.07, 6.45) is 4.06. The second-order valence-corrected chi connectivity index (χ2v) is 6.66. The van der Waals surface area contributed by atoms with Crippen LogP contribution in [0.25, 0.3) is 6.08 Å². The molecule has 2 heterocycles. The van der Waals surface area contributed by atoms with Crippen LogP contribution in [0.2, 0.25) is 0 Å². The zero-order chi connectivity index (χ0) is 20.1. The van der Waals surface area contributed by atoms with Crippen molar-refractivity contribution in [1.82, 2.24) is 14.9 Å². The Bertz CT molecular complexity index is 862. The maximum atomic E-state index is 12.5. The van der Waals surface area contributed by atoms with Crippen molar-refractivity contribution in [3.63, 3.8) is 0 Å². The molecule has 0 N–H and O–H groups in total. The zero-order valence-corrected chi connectivity index (χ0v) is 16.6. The van der Waals surface area contributed by atoms with Gasteiger partial charge in [-0.25, -0.2) is 4.98 Å². The summed E-state index contributed by atoms with van der Waals surface area (Å²) < 4.78 is 16.5. The minimum atomic E-state index is -0.0628. The topological polar surface area (TPSA) is 73.8 Å². The van der Waals surface area contributed by atoms with Crippen LogP contribution in [0.5, 0.6) is 17.4 Å². The molecule has 7 heteroatoms. The fourth-order valence-electron chi connectivity index (χ4n) is 3.17. The zero-order valence-electron chi connectivity index (χ0n) is 16.6. The van der Waals surface area contributed by atoms with Gasteiger partial charge in [-0.1, -0.05) is 6.07 Å². The third-order valence-corrected chi connectivity index (χ3v) is 4.51. The van der Waals surface area contributed by atoms with E-state index in [0.29, 0.717) is 36.3 Å². The number of hydrogen-bond donors (Lipinski definition) is 0. The normalized spacial score (nSPS) is 16.4. The van der Waals surface area contributed by atoms with Crippen LogP contribution < -0.4 is 14.2 Å². The quantitative estimate of drug-likeness (QED) is 0.714. The van der Waals surface area contributed by atoms with Crippen molar-refractivity contribution < 1.29 is 19.0 Å². The second-order valence-electron chi connectivity index (χ2n) is 6.66. The maximum absolute atomic E-state index is 12.5. The van der Waals surface area contributed by atoms with Gasteiger partial charge in [0.25, 0.3) is 0 Å². The summed E-state index contributed by atoms with van der Waals surface area (Å²) in [7, 11) is 3.17. The second kappa shape index (κ2) is 8.73. The Balaban J connectivity index is 1.59. The summed E-state index contributed by atoms with van der Waals surface area (Å²) in [6.45, 7) is 4.94. The average molecular weight is 383 g/mol. The summed E-state index contributed by atoms with van der Waals surface area (Å²) in [6, 6.07) is 7.34. The van der Waals surface area contributed by atoms with Crippen molar-refractivity contribution in [3.05, 3.63) is 47.4 Å². The molecule has 1 unspecified atom stereocenters. The standard InChI is InChI=1S/C21H25N3O4/c1-14-11-20(23-15(2)22-14)28-17-9-10-24(13-17)21(25)8-6-16-5-7-18(26-3)19(12-16)27-4/h5-8,11-12,17H,9-10,13H2,1-4H3. The van der Waals surface area contributed by atoms with E-state index in [9.17, 15) is 4.79 Å². The molecule has 2 aromatic rings. The van der Waals surface area contributed by atoms with E-state index in [0.717, 1.165) is 17.7 Å². The van der Waals surface area contributed by atoms with Gasteiger partial charge in [0.2, 0.25) is 11.8 Å². The lowest BCUT2D eigenvalue weighted by Crippen LogP contribution is -2.29. The van der Waals surface area contributed by atoms with Gasteiger partial charge < -0.3 is 19.1 Å². The van der Waals surface area contributed by atoms with Crippen molar-refractivity contribution in [2.45, 2.75) is 26.4 Å². The fraction of sp³-hybridized carbons (Fsp3) is 0.381. The summed E-state index contributed by atoms with van der Waals surface area (Å²) >= 11 is 0. The van der Waals surface area contributed by atoms with Gasteiger partial charge in [0.1, 0.15) is 11.9 Å². The molecular formula is C21H25N3O4. The highest BCUT2D eigenvalue weighted by Gasteiger charge is 2.27. The molecular weight excluding hydrogens is 358 g/mol. The Hall–Kier alpha value is -3.09. The largest absolute Gasteiger partial charge is 0.493 e. The van der Waals surface area contributed by atoms with Gasteiger partial charge in [-0.15, -0.1) is 0 Å². The first-order valence-electron chi connectivity index (χ1n) is 9.16. The Labute approximate surface area is 165 Å². The summed E-state index contributed by atoms with van der Waals surface area (Å²) in [5, 5.41) is 0. The van der Waals surface area contributed by atoms with Crippen LogP contribution in [0.4, 0.5) is 0 Å². The lowest BCUT2D eigenvalue weighted by Gasteiger charge is -2.15. The highest BCUT2D eigenvalue weighted by Crippen LogP contribution is 2.28.